The first-order valence-electron chi connectivity index (χ1n) is 8.22. The standard InChI is InChI=1S/C18H26N2O4/c1-12-7-13(2)11-20(10-12)17(21)9-19-18(22)14-5-6-15(23-3)16(8-14)24-4/h5-6,8,12-13H,7,9-11H2,1-4H3,(H,19,22). The highest BCUT2D eigenvalue weighted by molar-refractivity contribution is 5.97. The number of ether oxygens (including phenoxy) is 2. The molecule has 1 aromatic carbocycles. The fourth-order valence-electron chi connectivity index (χ4n) is 3.21. The number of amides is 2. The van der Waals surface area contributed by atoms with E-state index in [4.69, 9.17) is 9.47 Å². The number of hydrogen-bond acceptors (Lipinski definition) is 4. The SMILES string of the molecule is COc1ccc(C(=O)NCC(=O)N2CC(C)CC(C)C2)cc1OC. The first-order valence-corrected chi connectivity index (χ1v) is 8.22. The number of nitrogens with one attached hydrogen (secondary N) is 1. The molecule has 2 atom stereocenters. The number of likely N-dealkylation sites (tertiary alicyclic amines) is 1. The van der Waals surface area contributed by atoms with E-state index >= 15 is 0 Å². The summed E-state index contributed by atoms with van der Waals surface area (Å²) in [5, 5.41) is 2.69. The van der Waals surface area contributed by atoms with Crippen LogP contribution in [0, 0.1) is 11.8 Å². The molecule has 0 bridgehead atoms. The topological polar surface area (TPSA) is 67.9 Å². The Balaban J connectivity index is 1.94. The molecule has 1 fully saturated rings. The van der Waals surface area contributed by atoms with Crippen LogP contribution in [0.4, 0.5) is 0 Å². The van der Waals surface area contributed by atoms with Gasteiger partial charge >= 0.3 is 0 Å². The molecule has 1 saturated heterocycles. The van der Waals surface area contributed by atoms with Crippen LogP contribution in [0.2, 0.25) is 0 Å². The van der Waals surface area contributed by atoms with Crippen molar-refractivity contribution in [1.82, 2.24) is 10.2 Å². The summed E-state index contributed by atoms with van der Waals surface area (Å²) in [6, 6.07) is 4.92. The van der Waals surface area contributed by atoms with Gasteiger partial charge in [0.2, 0.25) is 5.91 Å². The highest BCUT2D eigenvalue weighted by Crippen LogP contribution is 2.27. The Hall–Kier alpha value is -2.24. The van der Waals surface area contributed by atoms with Gasteiger partial charge in [-0.3, -0.25) is 9.59 Å². The minimum Gasteiger partial charge on any atom is -0.493 e. The molecule has 1 aliphatic rings. The van der Waals surface area contributed by atoms with Gasteiger partial charge in [-0.05, 0) is 36.5 Å². The van der Waals surface area contributed by atoms with E-state index in [1.54, 1.807) is 18.2 Å². The van der Waals surface area contributed by atoms with Crippen molar-refractivity contribution in [3.8, 4) is 11.5 Å². The van der Waals surface area contributed by atoms with Crippen molar-refractivity contribution in [3.63, 3.8) is 0 Å². The summed E-state index contributed by atoms with van der Waals surface area (Å²) in [6.45, 7) is 5.83. The molecule has 1 heterocycles. The lowest BCUT2D eigenvalue weighted by Gasteiger charge is -2.35. The van der Waals surface area contributed by atoms with Crippen molar-refractivity contribution >= 4 is 11.8 Å². The summed E-state index contributed by atoms with van der Waals surface area (Å²) in [6.07, 6.45) is 1.14. The Morgan fingerprint density at radius 3 is 2.33 bits per heavy atom. The third-order valence-corrected chi connectivity index (χ3v) is 4.27. The molecule has 2 rings (SSSR count). The van der Waals surface area contributed by atoms with Gasteiger partial charge < -0.3 is 19.7 Å². The van der Waals surface area contributed by atoms with Crippen molar-refractivity contribution in [3.05, 3.63) is 23.8 Å². The third-order valence-electron chi connectivity index (χ3n) is 4.27. The Morgan fingerprint density at radius 2 is 1.75 bits per heavy atom. The van der Waals surface area contributed by atoms with Crippen molar-refractivity contribution in [2.24, 2.45) is 11.8 Å². The minimum atomic E-state index is -0.303. The predicted octanol–water partition coefficient (Wildman–Crippen LogP) is 1.94. The van der Waals surface area contributed by atoms with Crippen molar-refractivity contribution < 1.29 is 19.1 Å². The zero-order valence-electron chi connectivity index (χ0n) is 14.8. The van der Waals surface area contributed by atoms with E-state index in [0.717, 1.165) is 19.5 Å². The fourth-order valence-corrected chi connectivity index (χ4v) is 3.21. The van der Waals surface area contributed by atoms with Gasteiger partial charge in [-0.2, -0.15) is 0 Å². The highest BCUT2D eigenvalue weighted by Gasteiger charge is 2.25. The first-order chi connectivity index (χ1) is 11.4. The van der Waals surface area contributed by atoms with E-state index in [1.165, 1.54) is 14.2 Å². The fraction of sp³-hybridized carbons (Fsp3) is 0.556. The molecule has 0 spiro atoms. The Labute approximate surface area is 143 Å². The lowest BCUT2D eigenvalue weighted by Crippen LogP contribution is -2.46. The maximum Gasteiger partial charge on any atom is 0.251 e. The van der Waals surface area contributed by atoms with Crippen molar-refractivity contribution in [2.45, 2.75) is 20.3 Å². The number of rotatable bonds is 5. The van der Waals surface area contributed by atoms with Gasteiger partial charge in [0, 0.05) is 18.7 Å². The molecule has 132 valence electrons. The molecule has 1 N–H and O–H groups in total. The second kappa shape index (κ2) is 8.04. The van der Waals surface area contributed by atoms with E-state index in [2.05, 4.69) is 19.2 Å². The van der Waals surface area contributed by atoms with Gasteiger partial charge in [0.05, 0.1) is 20.8 Å². The van der Waals surface area contributed by atoms with Crippen molar-refractivity contribution in [1.29, 1.82) is 0 Å². The van der Waals surface area contributed by atoms with Gasteiger partial charge in [-0.25, -0.2) is 0 Å². The molecule has 0 radical (unpaired) electrons. The van der Waals surface area contributed by atoms with Crippen LogP contribution in [0.3, 0.4) is 0 Å². The predicted molar refractivity (Wildman–Crippen MR) is 91.4 cm³/mol. The normalized spacial score (nSPS) is 20.4. The Kier molecular flexibility index (Phi) is 6.06. The van der Waals surface area contributed by atoms with Gasteiger partial charge in [0.15, 0.2) is 11.5 Å². The Morgan fingerprint density at radius 1 is 1.12 bits per heavy atom. The molecular formula is C18H26N2O4. The summed E-state index contributed by atoms with van der Waals surface area (Å²) < 4.78 is 10.3. The molecular weight excluding hydrogens is 308 g/mol. The summed E-state index contributed by atoms with van der Waals surface area (Å²) >= 11 is 0. The van der Waals surface area contributed by atoms with Crippen LogP contribution in [0.5, 0.6) is 11.5 Å². The summed E-state index contributed by atoms with van der Waals surface area (Å²) in [5.74, 6) is 1.69. The summed E-state index contributed by atoms with van der Waals surface area (Å²) in [4.78, 5) is 26.4. The molecule has 6 heteroatoms. The maximum absolute atomic E-state index is 12.3. The maximum atomic E-state index is 12.3. The number of nitrogens with zero attached hydrogens (tertiary/aromatic N) is 1. The van der Waals surface area contributed by atoms with Crippen LogP contribution < -0.4 is 14.8 Å². The average Bonchev–Trinajstić information content (AvgIpc) is 2.57. The van der Waals surface area contributed by atoms with Gasteiger partial charge in [0.1, 0.15) is 0 Å². The van der Waals surface area contributed by atoms with E-state index in [9.17, 15) is 9.59 Å². The molecule has 0 aromatic heterocycles. The van der Waals surface area contributed by atoms with E-state index in [1.807, 2.05) is 4.90 Å². The van der Waals surface area contributed by atoms with Gasteiger partial charge in [-0.15, -0.1) is 0 Å². The number of carbonyl (C=O) groups is 2. The largest absolute Gasteiger partial charge is 0.493 e. The zero-order valence-corrected chi connectivity index (χ0v) is 14.8. The van der Waals surface area contributed by atoms with E-state index < -0.39 is 0 Å². The smallest absolute Gasteiger partial charge is 0.251 e. The minimum absolute atomic E-state index is 0.00657. The highest BCUT2D eigenvalue weighted by atomic mass is 16.5. The van der Waals surface area contributed by atoms with E-state index in [0.29, 0.717) is 28.9 Å². The monoisotopic (exact) mass is 334 g/mol. The van der Waals surface area contributed by atoms with Crippen LogP contribution in [-0.4, -0.2) is 50.6 Å². The molecule has 1 aromatic rings. The summed E-state index contributed by atoms with van der Waals surface area (Å²) in [5.41, 5.74) is 0.431. The lowest BCUT2D eigenvalue weighted by molar-refractivity contribution is -0.132. The number of piperidine rings is 1. The third kappa shape index (κ3) is 4.40. The summed E-state index contributed by atoms with van der Waals surface area (Å²) in [7, 11) is 3.05. The van der Waals surface area contributed by atoms with Crippen LogP contribution in [-0.2, 0) is 4.79 Å². The Bertz CT molecular complexity index is 593. The lowest BCUT2D eigenvalue weighted by atomic mass is 9.92. The average molecular weight is 334 g/mol. The first kappa shape index (κ1) is 18.1. The van der Waals surface area contributed by atoms with Crippen LogP contribution in [0.25, 0.3) is 0 Å². The molecule has 0 aliphatic carbocycles. The van der Waals surface area contributed by atoms with Gasteiger partial charge in [-0.1, -0.05) is 13.8 Å². The van der Waals surface area contributed by atoms with Gasteiger partial charge in [0.25, 0.3) is 5.91 Å². The van der Waals surface area contributed by atoms with Crippen LogP contribution in [0.15, 0.2) is 18.2 Å². The molecule has 24 heavy (non-hydrogen) atoms. The second-order valence-corrected chi connectivity index (χ2v) is 6.50. The quantitative estimate of drug-likeness (QED) is 0.893. The zero-order chi connectivity index (χ0) is 17.7. The number of carbonyl (C=O) groups excluding carboxylic acids is 2. The number of methoxy groups -OCH3 is 2. The molecule has 1 aliphatic heterocycles. The molecule has 2 unspecified atom stereocenters. The van der Waals surface area contributed by atoms with E-state index in [-0.39, 0.29) is 18.4 Å². The molecule has 6 nitrogen and oxygen atoms in total. The molecule has 2 amide bonds. The van der Waals surface area contributed by atoms with Crippen molar-refractivity contribution in [2.75, 3.05) is 33.9 Å². The second-order valence-electron chi connectivity index (χ2n) is 6.50. The van der Waals surface area contributed by atoms with Crippen LogP contribution >= 0.6 is 0 Å². The number of hydrogen-bond donors (Lipinski definition) is 1. The number of benzene rings is 1. The van der Waals surface area contributed by atoms with Crippen LogP contribution in [0.1, 0.15) is 30.6 Å². The molecule has 0 saturated carbocycles.